The van der Waals surface area contributed by atoms with E-state index >= 15 is 0 Å². The lowest BCUT2D eigenvalue weighted by Crippen LogP contribution is -2.49. The summed E-state index contributed by atoms with van der Waals surface area (Å²) in [7, 11) is 3.20. The van der Waals surface area contributed by atoms with Crippen molar-refractivity contribution >= 4 is 12.0 Å². The SMILES string of the molecule is COc1ccc(/C=C/C(=O)NCC(CC(C)C)N2CCOCC2)cc1OC. The third-order valence-corrected chi connectivity index (χ3v) is 4.65. The van der Waals surface area contributed by atoms with Crippen LogP contribution in [-0.4, -0.2) is 63.9 Å². The summed E-state index contributed by atoms with van der Waals surface area (Å²) in [6.45, 7) is 8.46. The first-order valence-corrected chi connectivity index (χ1v) is 9.53. The number of carbonyl (C=O) groups excluding carboxylic acids is 1. The van der Waals surface area contributed by atoms with Gasteiger partial charge in [-0.2, -0.15) is 0 Å². The molecule has 0 aliphatic carbocycles. The molecule has 0 spiro atoms. The van der Waals surface area contributed by atoms with Crippen LogP contribution < -0.4 is 14.8 Å². The molecule has 150 valence electrons. The van der Waals surface area contributed by atoms with Crippen molar-refractivity contribution in [3.63, 3.8) is 0 Å². The maximum Gasteiger partial charge on any atom is 0.244 e. The smallest absolute Gasteiger partial charge is 0.244 e. The molecule has 2 rings (SSSR count). The second-order valence-corrected chi connectivity index (χ2v) is 7.12. The molecule has 1 aliphatic rings. The molecule has 6 nitrogen and oxygen atoms in total. The molecule has 1 aliphatic heterocycles. The molecule has 1 unspecified atom stereocenters. The van der Waals surface area contributed by atoms with Gasteiger partial charge in [0.25, 0.3) is 0 Å². The Labute approximate surface area is 162 Å². The van der Waals surface area contributed by atoms with Crippen molar-refractivity contribution in [2.75, 3.05) is 47.1 Å². The summed E-state index contributed by atoms with van der Waals surface area (Å²) < 4.78 is 16.0. The van der Waals surface area contributed by atoms with Crippen LogP contribution in [0.5, 0.6) is 11.5 Å². The quantitative estimate of drug-likeness (QED) is 0.671. The molecule has 0 aromatic heterocycles. The van der Waals surface area contributed by atoms with Crippen molar-refractivity contribution in [2.24, 2.45) is 5.92 Å². The van der Waals surface area contributed by atoms with E-state index in [0.29, 0.717) is 30.0 Å². The van der Waals surface area contributed by atoms with Crippen molar-refractivity contribution < 1.29 is 19.0 Å². The Balaban J connectivity index is 1.91. The Kier molecular flexibility index (Phi) is 8.61. The molecule has 6 heteroatoms. The van der Waals surface area contributed by atoms with E-state index in [4.69, 9.17) is 14.2 Å². The number of nitrogens with one attached hydrogen (secondary N) is 1. The summed E-state index contributed by atoms with van der Waals surface area (Å²) >= 11 is 0. The van der Waals surface area contributed by atoms with Crippen molar-refractivity contribution in [1.29, 1.82) is 0 Å². The van der Waals surface area contributed by atoms with E-state index < -0.39 is 0 Å². The van der Waals surface area contributed by atoms with Gasteiger partial charge in [-0.15, -0.1) is 0 Å². The number of ether oxygens (including phenoxy) is 3. The first-order valence-electron chi connectivity index (χ1n) is 9.53. The van der Waals surface area contributed by atoms with Gasteiger partial charge in [-0.25, -0.2) is 0 Å². The number of carbonyl (C=O) groups is 1. The molecule has 1 N–H and O–H groups in total. The maximum absolute atomic E-state index is 12.3. The zero-order valence-corrected chi connectivity index (χ0v) is 16.9. The third-order valence-electron chi connectivity index (χ3n) is 4.65. The molecule has 0 saturated carbocycles. The average Bonchev–Trinajstić information content (AvgIpc) is 2.69. The highest BCUT2D eigenvalue weighted by Crippen LogP contribution is 2.27. The standard InChI is InChI=1S/C21H32N2O4/c1-16(2)13-18(23-9-11-27-12-10-23)15-22-21(24)8-6-17-5-7-19(25-3)20(14-17)26-4/h5-8,14,16,18H,9-13,15H2,1-4H3,(H,22,24)/b8-6+. The predicted octanol–water partition coefficient (Wildman–Crippen LogP) is 2.58. The lowest BCUT2D eigenvalue weighted by atomic mass is 10.0. The normalized spacial score (nSPS) is 16.5. The van der Waals surface area contributed by atoms with E-state index in [1.165, 1.54) is 0 Å². The number of rotatable bonds is 9. The van der Waals surface area contributed by atoms with Crippen LogP contribution in [-0.2, 0) is 9.53 Å². The molecule has 1 aromatic carbocycles. The maximum atomic E-state index is 12.3. The number of methoxy groups -OCH3 is 2. The first-order chi connectivity index (χ1) is 13.0. The van der Waals surface area contributed by atoms with E-state index in [9.17, 15) is 4.79 Å². The number of amides is 1. The van der Waals surface area contributed by atoms with Crippen LogP contribution >= 0.6 is 0 Å². The summed E-state index contributed by atoms with van der Waals surface area (Å²) in [5.41, 5.74) is 0.884. The Morgan fingerprint density at radius 3 is 2.56 bits per heavy atom. The lowest BCUT2D eigenvalue weighted by Gasteiger charge is -2.35. The van der Waals surface area contributed by atoms with Crippen LogP contribution in [0.4, 0.5) is 0 Å². The second kappa shape index (κ2) is 10.9. The van der Waals surface area contributed by atoms with Crippen molar-refractivity contribution in [3.8, 4) is 11.5 Å². The summed E-state index contributed by atoms with van der Waals surface area (Å²) in [4.78, 5) is 14.7. The van der Waals surface area contributed by atoms with Crippen LogP contribution in [0.25, 0.3) is 6.08 Å². The summed E-state index contributed by atoms with van der Waals surface area (Å²) in [5, 5.41) is 3.04. The second-order valence-electron chi connectivity index (χ2n) is 7.12. The fourth-order valence-corrected chi connectivity index (χ4v) is 3.25. The molecule has 1 atom stereocenters. The Morgan fingerprint density at radius 2 is 1.93 bits per heavy atom. The summed E-state index contributed by atoms with van der Waals surface area (Å²) in [6, 6.07) is 5.90. The fourth-order valence-electron chi connectivity index (χ4n) is 3.25. The predicted molar refractivity (Wildman–Crippen MR) is 107 cm³/mol. The number of nitrogens with zero attached hydrogens (tertiary/aromatic N) is 1. The summed E-state index contributed by atoms with van der Waals surface area (Å²) in [5.74, 6) is 1.80. The Morgan fingerprint density at radius 1 is 1.22 bits per heavy atom. The van der Waals surface area contributed by atoms with Gasteiger partial charge >= 0.3 is 0 Å². The van der Waals surface area contributed by atoms with Gasteiger partial charge in [-0.3, -0.25) is 9.69 Å². The van der Waals surface area contributed by atoms with E-state index in [1.54, 1.807) is 26.4 Å². The Bertz CT molecular complexity index is 625. The minimum atomic E-state index is -0.0909. The van der Waals surface area contributed by atoms with Crippen LogP contribution in [0.1, 0.15) is 25.8 Å². The highest BCUT2D eigenvalue weighted by molar-refractivity contribution is 5.91. The van der Waals surface area contributed by atoms with Gasteiger partial charge in [0.15, 0.2) is 11.5 Å². The molecular weight excluding hydrogens is 344 g/mol. The minimum absolute atomic E-state index is 0.0909. The number of hydrogen-bond donors (Lipinski definition) is 1. The van der Waals surface area contributed by atoms with Crippen LogP contribution in [0.3, 0.4) is 0 Å². The fraction of sp³-hybridized carbons (Fsp3) is 0.571. The molecule has 1 fully saturated rings. The van der Waals surface area contributed by atoms with Crippen LogP contribution in [0.15, 0.2) is 24.3 Å². The van der Waals surface area contributed by atoms with E-state index in [-0.39, 0.29) is 5.91 Å². The van der Waals surface area contributed by atoms with Gasteiger partial charge in [0.05, 0.1) is 27.4 Å². The van der Waals surface area contributed by atoms with E-state index in [1.807, 2.05) is 18.2 Å². The van der Waals surface area contributed by atoms with Gasteiger partial charge in [-0.05, 0) is 36.1 Å². The van der Waals surface area contributed by atoms with Crippen molar-refractivity contribution in [1.82, 2.24) is 10.2 Å². The van der Waals surface area contributed by atoms with Gasteiger partial charge in [0, 0.05) is 31.8 Å². The van der Waals surface area contributed by atoms with E-state index in [2.05, 4.69) is 24.1 Å². The number of benzene rings is 1. The summed E-state index contributed by atoms with van der Waals surface area (Å²) in [6.07, 6.45) is 4.40. The van der Waals surface area contributed by atoms with Crippen molar-refractivity contribution in [3.05, 3.63) is 29.8 Å². The topological polar surface area (TPSA) is 60.0 Å². The van der Waals surface area contributed by atoms with Gasteiger partial charge in [-0.1, -0.05) is 19.9 Å². The highest BCUT2D eigenvalue weighted by atomic mass is 16.5. The van der Waals surface area contributed by atoms with Gasteiger partial charge < -0.3 is 19.5 Å². The molecule has 1 heterocycles. The average molecular weight is 376 g/mol. The van der Waals surface area contributed by atoms with Crippen LogP contribution in [0.2, 0.25) is 0 Å². The first kappa shape index (κ1) is 21.3. The van der Waals surface area contributed by atoms with E-state index in [0.717, 1.165) is 38.3 Å². The van der Waals surface area contributed by atoms with Crippen LogP contribution in [0, 0.1) is 5.92 Å². The highest BCUT2D eigenvalue weighted by Gasteiger charge is 2.22. The monoisotopic (exact) mass is 376 g/mol. The molecule has 0 bridgehead atoms. The molecule has 1 amide bonds. The number of morpholine rings is 1. The van der Waals surface area contributed by atoms with Crippen molar-refractivity contribution in [2.45, 2.75) is 26.3 Å². The third kappa shape index (κ3) is 6.88. The lowest BCUT2D eigenvalue weighted by molar-refractivity contribution is -0.116. The zero-order valence-electron chi connectivity index (χ0n) is 16.9. The Hall–Kier alpha value is -2.05. The molecule has 27 heavy (non-hydrogen) atoms. The molecule has 1 aromatic rings. The molecule has 0 radical (unpaired) electrons. The van der Waals surface area contributed by atoms with Gasteiger partial charge in [0.1, 0.15) is 0 Å². The van der Waals surface area contributed by atoms with Gasteiger partial charge in [0.2, 0.25) is 5.91 Å². The molecular formula is C21H32N2O4. The number of hydrogen-bond acceptors (Lipinski definition) is 5. The minimum Gasteiger partial charge on any atom is -0.493 e. The zero-order chi connectivity index (χ0) is 19.6. The largest absolute Gasteiger partial charge is 0.493 e. The molecule has 1 saturated heterocycles.